The number of pyridine rings is 1. The molecule has 0 radical (unpaired) electrons. The monoisotopic (exact) mass is 216 g/mol. The van der Waals surface area contributed by atoms with E-state index < -0.39 is 0 Å². The highest BCUT2D eigenvalue weighted by molar-refractivity contribution is 5.85. The standard InChI is InChI=1S/C10H16N2O.ClH/c1-8(9(11)5-7-13)10-4-2-3-6-12-10;/h2-4,6,8-9,13H,5,7,11H2,1H3;1H/t8?,9-;/m1./s1. The average Bonchev–Trinajstić information content (AvgIpc) is 2.18. The number of nitrogens with zero attached hydrogens (tertiary/aromatic N) is 1. The van der Waals surface area contributed by atoms with E-state index in [-0.39, 0.29) is 31.0 Å². The number of hydrogen-bond acceptors (Lipinski definition) is 3. The van der Waals surface area contributed by atoms with E-state index in [0.29, 0.717) is 6.42 Å². The first-order chi connectivity index (χ1) is 6.25. The molecule has 3 nitrogen and oxygen atoms in total. The van der Waals surface area contributed by atoms with E-state index in [4.69, 9.17) is 10.8 Å². The zero-order chi connectivity index (χ0) is 9.68. The fourth-order valence-corrected chi connectivity index (χ4v) is 1.26. The summed E-state index contributed by atoms with van der Waals surface area (Å²) in [6.07, 6.45) is 2.38. The second-order valence-electron chi connectivity index (χ2n) is 3.22. The highest BCUT2D eigenvalue weighted by Crippen LogP contribution is 2.16. The van der Waals surface area contributed by atoms with E-state index in [2.05, 4.69) is 4.98 Å². The molecule has 4 heteroatoms. The largest absolute Gasteiger partial charge is 0.396 e. The van der Waals surface area contributed by atoms with Crippen LogP contribution in [-0.2, 0) is 0 Å². The van der Waals surface area contributed by atoms with Gasteiger partial charge in [0, 0.05) is 30.5 Å². The SMILES string of the molecule is CC(c1ccccn1)[C@H](N)CCO.Cl. The van der Waals surface area contributed by atoms with Crippen molar-refractivity contribution in [3.8, 4) is 0 Å². The van der Waals surface area contributed by atoms with Gasteiger partial charge < -0.3 is 10.8 Å². The summed E-state index contributed by atoms with van der Waals surface area (Å²) in [6, 6.07) is 5.78. The first kappa shape index (κ1) is 13.4. The Morgan fingerprint density at radius 2 is 2.21 bits per heavy atom. The summed E-state index contributed by atoms with van der Waals surface area (Å²) in [7, 11) is 0. The van der Waals surface area contributed by atoms with Gasteiger partial charge in [0.25, 0.3) is 0 Å². The molecule has 3 N–H and O–H groups in total. The number of rotatable bonds is 4. The molecule has 1 unspecified atom stereocenters. The van der Waals surface area contributed by atoms with E-state index in [1.807, 2.05) is 25.1 Å². The van der Waals surface area contributed by atoms with E-state index in [1.54, 1.807) is 6.20 Å². The molecule has 14 heavy (non-hydrogen) atoms. The van der Waals surface area contributed by atoms with Crippen LogP contribution in [0.2, 0.25) is 0 Å². The summed E-state index contributed by atoms with van der Waals surface area (Å²) in [5, 5.41) is 8.73. The van der Waals surface area contributed by atoms with Gasteiger partial charge in [0.05, 0.1) is 0 Å². The van der Waals surface area contributed by atoms with Gasteiger partial charge in [0.15, 0.2) is 0 Å². The Balaban J connectivity index is 0.00000169. The Labute approximate surface area is 90.8 Å². The molecule has 2 atom stereocenters. The van der Waals surface area contributed by atoms with Crippen molar-refractivity contribution in [3.63, 3.8) is 0 Å². The van der Waals surface area contributed by atoms with Gasteiger partial charge in [-0.05, 0) is 18.6 Å². The van der Waals surface area contributed by atoms with Gasteiger partial charge in [-0.3, -0.25) is 4.98 Å². The minimum atomic E-state index is -0.0140. The molecule has 1 aromatic rings. The number of hydrogen-bond donors (Lipinski definition) is 2. The minimum absolute atomic E-state index is 0. The summed E-state index contributed by atoms with van der Waals surface area (Å²) in [6.45, 7) is 2.17. The molecule has 0 fully saturated rings. The molecule has 0 amide bonds. The van der Waals surface area contributed by atoms with Gasteiger partial charge in [-0.1, -0.05) is 13.0 Å². The van der Waals surface area contributed by atoms with E-state index in [1.165, 1.54) is 0 Å². The van der Waals surface area contributed by atoms with Crippen molar-refractivity contribution in [1.29, 1.82) is 0 Å². The average molecular weight is 217 g/mol. The van der Waals surface area contributed by atoms with Gasteiger partial charge in [0.1, 0.15) is 0 Å². The smallest absolute Gasteiger partial charge is 0.0447 e. The lowest BCUT2D eigenvalue weighted by Gasteiger charge is -2.17. The Kier molecular flexibility index (Phi) is 6.45. The van der Waals surface area contributed by atoms with Crippen LogP contribution in [0.1, 0.15) is 25.0 Å². The van der Waals surface area contributed by atoms with Gasteiger partial charge in [0.2, 0.25) is 0 Å². The third-order valence-corrected chi connectivity index (χ3v) is 2.26. The van der Waals surface area contributed by atoms with E-state index >= 15 is 0 Å². The Morgan fingerprint density at radius 3 is 2.71 bits per heavy atom. The van der Waals surface area contributed by atoms with Gasteiger partial charge >= 0.3 is 0 Å². The second kappa shape index (κ2) is 6.76. The van der Waals surface area contributed by atoms with Gasteiger partial charge in [-0.15, -0.1) is 12.4 Å². The molecule has 0 aliphatic heterocycles. The van der Waals surface area contributed by atoms with Crippen LogP contribution in [0.5, 0.6) is 0 Å². The first-order valence-electron chi connectivity index (χ1n) is 4.53. The summed E-state index contributed by atoms with van der Waals surface area (Å²) < 4.78 is 0. The minimum Gasteiger partial charge on any atom is -0.396 e. The van der Waals surface area contributed by atoms with Crippen molar-refractivity contribution in [2.45, 2.75) is 25.3 Å². The Bertz CT molecular complexity index is 243. The first-order valence-corrected chi connectivity index (χ1v) is 4.53. The predicted molar refractivity (Wildman–Crippen MR) is 59.6 cm³/mol. The summed E-state index contributed by atoms with van der Waals surface area (Å²) in [5.41, 5.74) is 6.85. The molecule has 0 spiro atoms. The van der Waals surface area contributed by atoms with Gasteiger partial charge in [-0.25, -0.2) is 0 Å². The van der Waals surface area contributed by atoms with Crippen LogP contribution in [0, 0.1) is 0 Å². The second-order valence-corrected chi connectivity index (χ2v) is 3.22. The topological polar surface area (TPSA) is 59.1 Å². The fourth-order valence-electron chi connectivity index (χ4n) is 1.26. The number of nitrogens with two attached hydrogens (primary N) is 1. The summed E-state index contributed by atoms with van der Waals surface area (Å²) in [5.74, 6) is 0.202. The summed E-state index contributed by atoms with van der Waals surface area (Å²) >= 11 is 0. The molecule has 0 aromatic carbocycles. The van der Waals surface area contributed by atoms with Crippen LogP contribution in [0.25, 0.3) is 0 Å². The van der Waals surface area contributed by atoms with Gasteiger partial charge in [-0.2, -0.15) is 0 Å². The Hall–Kier alpha value is -0.640. The molecule has 80 valence electrons. The maximum absolute atomic E-state index is 8.73. The van der Waals surface area contributed by atoms with E-state index in [9.17, 15) is 0 Å². The molecular weight excluding hydrogens is 200 g/mol. The van der Waals surface area contributed by atoms with Crippen molar-refractivity contribution >= 4 is 12.4 Å². The van der Waals surface area contributed by atoms with Crippen molar-refractivity contribution in [3.05, 3.63) is 30.1 Å². The molecular formula is C10H17ClN2O. The summed E-state index contributed by atoms with van der Waals surface area (Å²) in [4.78, 5) is 4.22. The lowest BCUT2D eigenvalue weighted by molar-refractivity contribution is 0.269. The normalized spacial score (nSPS) is 14.2. The maximum atomic E-state index is 8.73. The zero-order valence-electron chi connectivity index (χ0n) is 8.26. The molecule has 1 rings (SSSR count). The third-order valence-electron chi connectivity index (χ3n) is 2.26. The lowest BCUT2D eigenvalue weighted by Crippen LogP contribution is -2.28. The van der Waals surface area contributed by atoms with Crippen molar-refractivity contribution in [1.82, 2.24) is 4.98 Å². The van der Waals surface area contributed by atoms with Crippen LogP contribution >= 0.6 is 12.4 Å². The van der Waals surface area contributed by atoms with Crippen LogP contribution < -0.4 is 5.73 Å². The van der Waals surface area contributed by atoms with Crippen LogP contribution in [0.15, 0.2) is 24.4 Å². The lowest BCUT2D eigenvalue weighted by atomic mass is 9.96. The molecule has 1 heterocycles. The third kappa shape index (κ3) is 3.62. The zero-order valence-corrected chi connectivity index (χ0v) is 9.07. The highest BCUT2D eigenvalue weighted by Gasteiger charge is 2.14. The predicted octanol–water partition coefficient (Wildman–Crippen LogP) is 1.32. The quantitative estimate of drug-likeness (QED) is 0.798. The number of aliphatic hydroxyl groups is 1. The number of halogens is 1. The number of aliphatic hydroxyl groups excluding tert-OH is 1. The van der Waals surface area contributed by atoms with Crippen LogP contribution in [0.3, 0.4) is 0 Å². The van der Waals surface area contributed by atoms with Crippen molar-refractivity contribution < 1.29 is 5.11 Å². The van der Waals surface area contributed by atoms with Crippen LogP contribution in [-0.4, -0.2) is 22.7 Å². The molecule has 0 aliphatic rings. The highest BCUT2D eigenvalue weighted by atomic mass is 35.5. The molecule has 0 aliphatic carbocycles. The van der Waals surface area contributed by atoms with Crippen molar-refractivity contribution in [2.24, 2.45) is 5.73 Å². The Morgan fingerprint density at radius 1 is 1.50 bits per heavy atom. The molecule has 1 aromatic heterocycles. The molecule has 0 saturated heterocycles. The molecule has 0 saturated carbocycles. The maximum Gasteiger partial charge on any atom is 0.0447 e. The van der Waals surface area contributed by atoms with Crippen LogP contribution in [0.4, 0.5) is 0 Å². The molecule has 0 bridgehead atoms. The van der Waals surface area contributed by atoms with Crippen molar-refractivity contribution in [2.75, 3.05) is 6.61 Å². The van der Waals surface area contributed by atoms with E-state index in [0.717, 1.165) is 5.69 Å². The number of aromatic nitrogens is 1. The fraction of sp³-hybridized carbons (Fsp3) is 0.500.